The number of rotatable bonds is 5. The second-order valence-electron chi connectivity index (χ2n) is 6.21. The van der Waals surface area contributed by atoms with Crippen molar-refractivity contribution < 1.29 is 9.53 Å². The van der Waals surface area contributed by atoms with E-state index in [4.69, 9.17) is 4.74 Å². The molecule has 0 atom stereocenters. The number of hydrogen-bond acceptors (Lipinski definition) is 3. The van der Waals surface area contributed by atoms with E-state index in [0.29, 0.717) is 12.3 Å². The van der Waals surface area contributed by atoms with Crippen molar-refractivity contribution in [3.05, 3.63) is 23.3 Å². The predicted octanol–water partition coefficient (Wildman–Crippen LogP) is 3.16. The van der Waals surface area contributed by atoms with Crippen LogP contribution in [-0.4, -0.2) is 37.6 Å². The van der Waals surface area contributed by atoms with Crippen molar-refractivity contribution in [3.63, 3.8) is 0 Å². The molecule has 116 valence electrons. The van der Waals surface area contributed by atoms with Gasteiger partial charge in [0.05, 0.1) is 11.8 Å². The van der Waals surface area contributed by atoms with E-state index in [1.54, 1.807) is 0 Å². The zero-order valence-corrected chi connectivity index (χ0v) is 13.5. The van der Waals surface area contributed by atoms with Crippen LogP contribution in [0, 0.1) is 6.92 Å². The fourth-order valence-electron chi connectivity index (χ4n) is 2.99. The van der Waals surface area contributed by atoms with E-state index in [1.165, 1.54) is 24.0 Å². The summed E-state index contributed by atoms with van der Waals surface area (Å²) < 4.78 is 5.87. The molecule has 1 fully saturated rings. The third kappa shape index (κ3) is 3.97. The van der Waals surface area contributed by atoms with E-state index < -0.39 is 0 Å². The van der Waals surface area contributed by atoms with Gasteiger partial charge < -0.3 is 15.0 Å². The molecule has 1 aliphatic rings. The number of benzene rings is 1. The molecular weight excluding hydrogens is 264 g/mol. The van der Waals surface area contributed by atoms with E-state index in [9.17, 15) is 4.79 Å². The number of carbonyl (C=O) groups excluding carboxylic acids is 1. The average Bonchev–Trinajstić information content (AvgIpc) is 2.42. The topological polar surface area (TPSA) is 41.6 Å². The van der Waals surface area contributed by atoms with Crippen LogP contribution in [0.3, 0.4) is 0 Å². The Bertz CT molecular complexity index is 492. The summed E-state index contributed by atoms with van der Waals surface area (Å²) in [6, 6.07) is 4.15. The first-order valence-corrected chi connectivity index (χ1v) is 7.71. The summed E-state index contributed by atoms with van der Waals surface area (Å²) in [5.74, 6) is 1.36. The van der Waals surface area contributed by atoms with Crippen LogP contribution in [-0.2, 0) is 4.79 Å². The standard InChI is InChI=1S/C17H26N2O2/c1-12(2)21-17-10-15(13(3)9-16(17)18-11-20)14-5-7-19(4)8-6-14/h9-12,14H,5-8H2,1-4H3,(H,18,20). The first-order valence-electron chi connectivity index (χ1n) is 7.71. The molecule has 1 amide bonds. The molecule has 1 N–H and O–H groups in total. The molecule has 2 rings (SSSR count). The van der Waals surface area contributed by atoms with Gasteiger partial charge in [0, 0.05) is 0 Å². The van der Waals surface area contributed by atoms with Crippen LogP contribution in [0.4, 0.5) is 5.69 Å². The van der Waals surface area contributed by atoms with Crippen LogP contribution in [0.25, 0.3) is 0 Å². The number of aryl methyl sites for hydroxylation is 1. The Morgan fingerprint density at radius 2 is 2.00 bits per heavy atom. The summed E-state index contributed by atoms with van der Waals surface area (Å²) in [6.07, 6.45) is 3.15. The lowest BCUT2D eigenvalue weighted by atomic mass is 9.86. The lowest BCUT2D eigenvalue weighted by Crippen LogP contribution is -2.29. The summed E-state index contributed by atoms with van der Waals surface area (Å²) >= 11 is 0. The van der Waals surface area contributed by atoms with Gasteiger partial charge in [0.2, 0.25) is 6.41 Å². The van der Waals surface area contributed by atoms with Crippen molar-refractivity contribution in [1.29, 1.82) is 0 Å². The fraction of sp³-hybridized carbons (Fsp3) is 0.588. The molecule has 1 saturated heterocycles. The number of piperidine rings is 1. The number of nitrogens with one attached hydrogen (secondary N) is 1. The molecule has 4 nitrogen and oxygen atoms in total. The Kier molecular flexibility index (Phi) is 5.23. The van der Waals surface area contributed by atoms with E-state index in [-0.39, 0.29) is 6.10 Å². The lowest BCUT2D eigenvalue weighted by Gasteiger charge is -2.30. The number of amides is 1. The van der Waals surface area contributed by atoms with E-state index in [2.05, 4.69) is 30.3 Å². The third-order valence-electron chi connectivity index (χ3n) is 4.10. The summed E-state index contributed by atoms with van der Waals surface area (Å²) in [5, 5.41) is 2.75. The number of ether oxygens (including phenoxy) is 1. The van der Waals surface area contributed by atoms with E-state index in [1.807, 2.05) is 19.9 Å². The Morgan fingerprint density at radius 1 is 1.33 bits per heavy atom. The second kappa shape index (κ2) is 6.94. The van der Waals surface area contributed by atoms with Crippen LogP contribution >= 0.6 is 0 Å². The van der Waals surface area contributed by atoms with Gasteiger partial charge in [-0.15, -0.1) is 0 Å². The van der Waals surface area contributed by atoms with Crippen LogP contribution in [0.2, 0.25) is 0 Å². The summed E-state index contributed by atoms with van der Waals surface area (Å²) in [5.41, 5.74) is 3.34. The maximum absolute atomic E-state index is 10.8. The van der Waals surface area contributed by atoms with E-state index >= 15 is 0 Å². The molecule has 0 unspecified atom stereocenters. The number of hydrogen-bond donors (Lipinski definition) is 1. The molecular formula is C17H26N2O2. The molecule has 0 bridgehead atoms. The Hall–Kier alpha value is -1.55. The van der Waals surface area contributed by atoms with Crippen LogP contribution in [0.1, 0.15) is 43.7 Å². The zero-order chi connectivity index (χ0) is 15.4. The zero-order valence-electron chi connectivity index (χ0n) is 13.5. The van der Waals surface area contributed by atoms with Crippen molar-refractivity contribution in [2.45, 2.75) is 45.6 Å². The maximum Gasteiger partial charge on any atom is 0.211 e. The second-order valence-corrected chi connectivity index (χ2v) is 6.21. The Morgan fingerprint density at radius 3 is 2.57 bits per heavy atom. The fourth-order valence-corrected chi connectivity index (χ4v) is 2.99. The van der Waals surface area contributed by atoms with Crippen molar-refractivity contribution in [2.24, 2.45) is 0 Å². The molecule has 0 saturated carbocycles. The highest BCUT2D eigenvalue weighted by Gasteiger charge is 2.21. The minimum atomic E-state index is 0.0882. The highest BCUT2D eigenvalue weighted by atomic mass is 16.5. The molecule has 4 heteroatoms. The SMILES string of the molecule is Cc1cc(NC=O)c(OC(C)C)cc1C1CCN(C)CC1. The predicted molar refractivity (Wildman–Crippen MR) is 86.1 cm³/mol. The summed E-state index contributed by atoms with van der Waals surface area (Å²) in [4.78, 5) is 13.1. The molecule has 1 aliphatic heterocycles. The quantitative estimate of drug-likeness (QED) is 0.847. The van der Waals surface area contributed by atoms with Gasteiger partial charge in [0.15, 0.2) is 0 Å². The van der Waals surface area contributed by atoms with Crippen molar-refractivity contribution in [3.8, 4) is 5.75 Å². The van der Waals surface area contributed by atoms with Gasteiger partial charge in [-0.3, -0.25) is 4.79 Å². The van der Waals surface area contributed by atoms with Gasteiger partial charge in [-0.1, -0.05) is 0 Å². The van der Waals surface area contributed by atoms with Crippen LogP contribution < -0.4 is 10.1 Å². The lowest BCUT2D eigenvalue weighted by molar-refractivity contribution is -0.105. The number of likely N-dealkylation sites (tertiary alicyclic amines) is 1. The molecule has 1 heterocycles. The first-order chi connectivity index (χ1) is 10.0. The Balaban J connectivity index is 2.30. The highest BCUT2D eigenvalue weighted by Crippen LogP contribution is 2.36. The number of anilines is 1. The molecule has 21 heavy (non-hydrogen) atoms. The van der Waals surface area contributed by atoms with Crippen LogP contribution in [0.15, 0.2) is 12.1 Å². The van der Waals surface area contributed by atoms with Gasteiger partial charge in [-0.2, -0.15) is 0 Å². The van der Waals surface area contributed by atoms with Crippen molar-refractivity contribution >= 4 is 12.1 Å². The number of carbonyl (C=O) groups is 1. The molecule has 0 aromatic heterocycles. The Labute approximate surface area is 127 Å². The summed E-state index contributed by atoms with van der Waals surface area (Å²) in [7, 11) is 2.17. The normalized spacial score (nSPS) is 17.0. The van der Waals surface area contributed by atoms with Crippen LogP contribution in [0.5, 0.6) is 5.75 Å². The van der Waals surface area contributed by atoms with Crippen molar-refractivity contribution in [2.75, 3.05) is 25.5 Å². The maximum atomic E-state index is 10.8. The smallest absolute Gasteiger partial charge is 0.211 e. The molecule has 1 aromatic rings. The minimum Gasteiger partial charge on any atom is -0.489 e. The largest absolute Gasteiger partial charge is 0.489 e. The van der Waals surface area contributed by atoms with Gasteiger partial charge in [-0.25, -0.2) is 0 Å². The monoisotopic (exact) mass is 290 g/mol. The van der Waals surface area contributed by atoms with Gasteiger partial charge in [0.25, 0.3) is 0 Å². The number of nitrogens with zero attached hydrogens (tertiary/aromatic N) is 1. The summed E-state index contributed by atoms with van der Waals surface area (Å²) in [6.45, 7) is 8.39. The van der Waals surface area contributed by atoms with Gasteiger partial charge >= 0.3 is 0 Å². The third-order valence-corrected chi connectivity index (χ3v) is 4.10. The van der Waals surface area contributed by atoms with Gasteiger partial charge in [-0.05, 0) is 82.9 Å². The van der Waals surface area contributed by atoms with E-state index in [0.717, 1.165) is 24.5 Å². The minimum absolute atomic E-state index is 0.0882. The first kappa shape index (κ1) is 15.8. The molecule has 0 spiro atoms. The molecule has 0 aliphatic carbocycles. The molecule has 1 aromatic carbocycles. The van der Waals surface area contributed by atoms with Gasteiger partial charge in [0.1, 0.15) is 5.75 Å². The van der Waals surface area contributed by atoms with Crippen molar-refractivity contribution in [1.82, 2.24) is 4.90 Å². The average molecular weight is 290 g/mol. The highest BCUT2D eigenvalue weighted by molar-refractivity contribution is 5.76. The molecule has 0 radical (unpaired) electrons.